The fourth-order valence-corrected chi connectivity index (χ4v) is 2.60. The van der Waals surface area contributed by atoms with E-state index < -0.39 is 0 Å². The molecule has 2 N–H and O–H groups in total. The third kappa shape index (κ3) is 3.11. The zero-order valence-corrected chi connectivity index (χ0v) is 12.0. The van der Waals surface area contributed by atoms with Crippen LogP contribution in [-0.2, 0) is 11.8 Å². The Labute approximate surface area is 123 Å². The number of carbonyl (C=O) groups excluding carboxylic acids is 1. The molecule has 21 heavy (non-hydrogen) atoms. The molecule has 0 bridgehead atoms. The summed E-state index contributed by atoms with van der Waals surface area (Å²) in [5, 5.41) is 14.2. The Balaban J connectivity index is 1.74. The van der Waals surface area contributed by atoms with Crippen LogP contribution in [0.1, 0.15) is 12.8 Å². The Bertz CT molecular complexity index is 630. The van der Waals surface area contributed by atoms with Gasteiger partial charge in [-0.15, -0.1) is 10.2 Å². The number of aryl methyl sites for hydroxylation is 1. The number of piperidine rings is 1. The molecule has 1 fully saturated rings. The molecule has 1 saturated heterocycles. The topological polar surface area (TPSA) is 71.8 Å². The van der Waals surface area contributed by atoms with Gasteiger partial charge in [-0.25, -0.2) is 0 Å². The summed E-state index contributed by atoms with van der Waals surface area (Å²) in [7, 11) is 1.90. The van der Waals surface area contributed by atoms with Crippen molar-refractivity contribution in [3.63, 3.8) is 0 Å². The van der Waals surface area contributed by atoms with E-state index in [1.165, 1.54) is 0 Å². The van der Waals surface area contributed by atoms with E-state index in [0.717, 1.165) is 43.0 Å². The fraction of sp³-hybridized carbons (Fsp3) is 0.400. The molecule has 0 spiro atoms. The SMILES string of the molecule is Cn1cnnc1-c1cccc(NC(=O)C2CCCNC2)c1. The van der Waals surface area contributed by atoms with Crippen molar-refractivity contribution in [1.29, 1.82) is 0 Å². The van der Waals surface area contributed by atoms with Crippen LogP contribution < -0.4 is 10.6 Å². The van der Waals surface area contributed by atoms with Gasteiger partial charge < -0.3 is 15.2 Å². The number of hydrogen-bond acceptors (Lipinski definition) is 4. The summed E-state index contributed by atoms with van der Waals surface area (Å²) in [6.45, 7) is 1.76. The highest BCUT2D eigenvalue weighted by Gasteiger charge is 2.20. The van der Waals surface area contributed by atoms with Gasteiger partial charge in [0, 0.05) is 24.8 Å². The summed E-state index contributed by atoms with van der Waals surface area (Å²) >= 11 is 0. The Kier molecular flexibility index (Phi) is 3.96. The molecular formula is C15H19N5O. The van der Waals surface area contributed by atoms with Gasteiger partial charge in [-0.3, -0.25) is 4.79 Å². The van der Waals surface area contributed by atoms with Crippen molar-refractivity contribution < 1.29 is 4.79 Å². The lowest BCUT2D eigenvalue weighted by molar-refractivity contribution is -0.120. The monoisotopic (exact) mass is 285 g/mol. The number of carbonyl (C=O) groups is 1. The van der Waals surface area contributed by atoms with E-state index in [9.17, 15) is 4.79 Å². The average molecular weight is 285 g/mol. The minimum atomic E-state index is 0.0530. The van der Waals surface area contributed by atoms with E-state index >= 15 is 0 Å². The lowest BCUT2D eigenvalue weighted by Gasteiger charge is -2.22. The fourth-order valence-electron chi connectivity index (χ4n) is 2.60. The Morgan fingerprint density at radius 2 is 2.38 bits per heavy atom. The number of aromatic nitrogens is 3. The van der Waals surface area contributed by atoms with Crippen LogP contribution in [0.5, 0.6) is 0 Å². The molecule has 0 aliphatic carbocycles. The normalized spacial score (nSPS) is 18.4. The summed E-state index contributed by atoms with van der Waals surface area (Å²) in [5.74, 6) is 0.917. The molecule has 2 aromatic rings. The Morgan fingerprint density at radius 1 is 1.48 bits per heavy atom. The highest BCUT2D eigenvalue weighted by Crippen LogP contribution is 2.21. The molecule has 1 unspecified atom stereocenters. The van der Waals surface area contributed by atoms with Crippen molar-refractivity contribution in [2.75, 3.05) is 18.4 Å². The highest BCUT2D eigenvalue weighted by molar-refractivity contribution is 5.93. The standard InChI is InChI=1S/C15H19N5O/c1-20-10-17-19-14(20)11-4-2-6-13(8-11)18-15(21)12-5-3-7-16-9-12/h2,4,6,8,10,12,16H,3,5,7,9H2,1H3,(H,18,21). The molecule has 110 valence electrons. The number of anilines is 1. The molecule has 1 aromatic carbocycles. The van der Waals surface area contributed by atoms with Crippen LogP contribution in [0.3, 0.4) is 0 Å². The number of benzene rings is 1. The summed E-state index contributed by atoms with van der Waals surface area (Å²) < 4.78 is 1.85. The number of amides is 1. The third-order valence-electron chi connectivity index (χ3n) is 3.77. The van der Waals surface area contributed by atoms with Crippen LogP contribution in [-0.4, -0.2) is 33.8 Å². The highest BCUT2D eigenvalue weighted by atomic mass is 16.1. The van der Waals surface area contributed by atoms with Gasteiger partial charge in [-0.05, 0) is 31.5 Å². The molecule has 1 aliphatic heterocycles. The minimum absolute atomic E-state index is 0.0530. The van der Waals surface area contributed by atoms with Crippen LogP contribution >= 0.6 is 0 Å². The van der Waals surface area contributed by atoms with Gasteiger partial charge in [0.15, 0.2) is 5.82 Å². The summed E-state index contributed by atoms with van der Waals surface area (Å²) in [6, 6.07) is 7.70. The quantitative estimate of drug-likeness (QED) is 0.894. The number of nitrogens with zero attached hydrogens (tertiary/aromatic N) is 3. The second kappa shape index (κ2) is 6.05. The average Bonchev–Trinajstić information content (AvgIpc) is 2.94. The minimum Gasteiger partial charge on any atom is -0.326 e. The third-order valence-corrected chi connectivity index (χ3v) is 3.77. The molecular weight excluding hydrogens is 266 g/mol. The second-order valence-corrected chi connectivity index (χ2v) is 5.38. The first kappa shape index (κ1) is 13.8. The molecule has 0 saturated carbocycles. The van der Waals surface area contributed by atoms with Crippen LogP contribution in [0.4, 0.5) is 5.69 Å². The number of nitrogens with one attached hydrogen (secondary N) is 2. The maximum Gasteiger partial charge on any atom is 0.228 e. The second-order valence-electron chi connectivity index (χ2n) is 5.38. The van der Waals surface area contributed by atoms with Crippen molar-refractivity contribution in [3.05, 3.63) is 30.6 Å². The first-order chi connectivity index (χ1) is 10.2. The molecule has 6 nitrogen and oxygen atoms in total. The first-order valence-electron chi connectivity index (χ1n) is 7.20. The largest absolute Gasteiger partial charge is 0.326 e. The number of rotatable bonds is 3. The van der Waals surface area contributed by atoms with Crippen LogP contribution in [0.25, 0.3) is 11.4 Å². The van der Waals surface area contributed by atoms with E-state index in [1.807, 2.05) is 35.9 Å². The van der Waals surface area contributed by atoms with Gasteiger partial charge in [0.25, 0.3) is 0 Å². The first-order valence-corrected chi connectivity index (χ1v) is 7.20. The van der Waals surface area contributed by atoms with Crippen molar-refractivity contribution in [1.82, 2.24) is 20.1 Å². The zero-order chi connectivity index (χ0) is 14.7. The maximum atomic E-state index is 12.2. The number of hydrogen-bond donors (Lipinski definition) is 2. The Hall–Kier alpha value is -2.21. The maximum absolute atomic E-state index is 12.2. The van der Waals surface area contributed by atoms with Crippen LogP contribution in [0.2, 0.25) is 0 Å². The van der Waals surface area contributed by atoms with Gasteiger partial charge in [-0.1, -0.05) is 12.1 Å². The molecule has 1 aliphatic rings. The van der Waals surface area contributed by atoms with Crippen LogP contribution in [0.15, 0.2) is 30.6 Å². The van der Waals surface area contributed by atoms with E-state index in [4.69, 9.17) is 0 Å². The van der Waals surface area contributed by atoms with Crippen molar-refractivity contribution in [2.24, 2.45) is 13.0 Å². The van der Waals surface area contributed by atoms with E-state index in [0.29, 0.717) is 0 Å². The molecule has 1 aromatic heterocycles. The summed E-state index contributed by atoms with van der Waals surface area (Å²) in [5.41, 5.74) is 1.74. The van der Waals surface area contributed by atoms with E-state index in [-0.39, 0.29) is 11.8 Å². The van der Waals surface area contributed by atoms with Gasteiger partial charge in [0.2, 0.25) is 5.91 Å². The van der Waals surface area contributed by atoms with Gasteiger partial charge >= 0.3 is 0 Å². The van der Waals surface area contributed by atoms with Crippen LogP contribution in [0, 0.1) is 5.92 Å². The smallest absolute Gasteiger partial charge is 0.228 e. The van der Waals surface area contributed by atoms with Crippen molar-refractivity contribution >= 4 is 11.6 Å². The van der Waals surface area contributed by atoms with Gasteiger partial charge in [0.1, 0.15) is 6.33 Å². The van der Waals surface area contributed by atoms with Crippen molar-refractivity contribution in [3.8, 4) is 11.4 Å². The van der Waals surface area contributed by atoms with E-state index in [1.54, 1.807) is 6.33 Å². The summed E-state index contributed by atoms with van der Waals surface area (Å²) in [4.78, 5) is 12.2. The lowest BCUT2D eigenvalue weighted by atomic mass is 9.99. The van der Waals surface area contributed by atoms with Gasteiger partial charge in [-0.2, -0.15) is 0 Å². The Morgan fingerprint density at radius 3 is 3.10 bits per heavy atom. The zero-order valence-electron chi connectivity index (χ0n) is 12.0. The predicted molar refractivity (Wildman–Crippen MR) is 80.7 cm³/mol. The molecule has 3 rings (SSSR count). The molecule has 0 radical (unpaired) electrons. The summed E-state index contributed by atoms with van der Waals surface area (Å²) in [6.07, 6.45) is 3.66. The molecule has 6 heteroatoms. The molecule has 1 atom stereocenters. The molecule has 2 heterocycles. The van der Waals surface area contributed by atoms with Gasteiger partial charge in [0.05, 0.1) is 5.92 Å². The lowest BCUT2D eigenvalue weighted by Crippen LogP contribution is -2.37. The molecule has 1 amide bonds. The van der Waals surface area contributed by atoms with E-state index in [2.05, 4.69) is 20.8 Å². The van der Waals surface area contributed by atoms with Crippen molar-refractivity contribution in [2.45, 2.75) is 12.8 Å². The predicted octanol–water partition coefficient (Wildman–Crippen LogP) is 1.42.